The van der Waals surface area contributed by atoms with Gasteiger partial charge in [-0.3, -0.25) is 9.59 Å². The molecule has 7 nitrogen and oxygen atoms in total. The zero-order valence-corrected chi connectivity index (χ0v) is 19.5. The molecule has 2 aromatic carbocycles. The third-order valence-corrected chi connectivity index (χ3v) is 5.59. The molecule has 0 aromatic heterocycles. The molecule has 0 bridgehead atoms. The molecule has 2 rings (SSSR count). The van der Waals surface area contributed by atoms with Crippen LogP contribution in [0.4, 0.5) is 0 Å². The van der Waals surface area contributed by atoms with Crippen LogP contribution in [0.1, 0.15) is 42.4 Å². The van der Waals surface area contributed by atoms with Gasteiger partial charge in [-0.15, -0.1) is 0 Å². The zero-order valence-electron chi connectivity index (χ0n) is 19.5. The molecule has 0 heterocycles. The van der Waals surface area contributed by atoms with Gasteiger partial charge in [0.25, 0.3) is 0 Å². The predicted octanol–water partition coefficient (Wildman–Crippen LogP) is 1.62. The highest BCUT2D eigenvalue weighted by Gasteiger charge is 2.26. The van der Waals surface area contributed by atoms with Gasteiger partial charge >= 0.3 is 7.12 Å². The van der Waals surface area contributed by atoms with Crippen LogP contribution in [0.5, 0.6) is 0 Å². The van der Waals surface area contributed by atoms with Crippen LogP contribution in [0.3, 0.4) is 0 Å². The second-order valence-corrected chi connectivity index (χ2v) is 8.41. The van der Waals surface area contributed by atoms with Gasteiger partial charge in [-0.2, -0.15) is 0 Å². The fourth-order valence-electron chi connectivity index (χ4n) is 3.71. The highest BCUT2D eigenvalue weighted by atomic mass is 16.4. The fraction of sp³-hybridized carbons (Fsp3) is 0.440. The standard InChI is InChI=1S/C25H36BN3O4/c1-20-8-7-11-22(18-20)15-17-29(25(31)14-13-21-9-3-2-4-10-21)19-24(30)28-23(26(32)33)12-5-6-16-27/h2-4,7-11,18,23,32-33H,5-6,12-17,19,27H2,1H3,(H,28,30). The average Bonchev–Trinajstić information content (AvgIpc) is 2.80. The Hall–Kier alpha value is -2.68. The summed E-state index contributed by atoms with van der Waals surface area (Å²) in [5.41, 5.74) is 8.80. The molecule has 33 heavy (non-hydrogen) atoms. The normalized spacial score (nSPS) is 11.6. The second-order valence-electron chi connectivity index (χ2n) is 8.41. The molecule has 0 saturated carbocycles. The van der Waals surface area contributed by atoms with E-state index in [2.05, 4.69) is 11.4 Å². The topological polar surface area (TPSA) is 116 Å². The molecule has 2 amide bonds. The van der Waals surface area contributed by atoms with Crippen molar-refractivity contribution in [2.24, 2.45) is 5.73 Å². The van der Waals surface area contributed by atoms with Crippen LogP contribution < -0.4 is 11.1 Å². The van der Waals surface area contributed by atoms with Crippen molar-refractivity contribution in [1.29, 1.82) is 0 Å². The Morgan fingerprint density at radius 3 is 2.42 bits per heavy atom. The molecule has 1 unspecified atom stereocenters. The average molecular weight is 453 g/mol. The third-order valence-electron chi connectivity index (χ3n) is 5.59. The van der Waals surface area contributed by atoms with E-state index in [0.717, 1.165) is 23.1 Å². The highest BCUT2D eigenvalue weighted by molar-refractivity contribution is 6.43. The van der Waals surface area contributed by atoms with Gasteiger partial charge in [0.1, 0.15) is 0 Å². The Morgan fingerprint density at radius 1 is 1.03 bits per heavy atom. The summed E-state index contributed by atoms with van der Waals surface area (Å²) >= 11 is 0. The van der Waals surface area contributed by atoms with Crippen molar-refractivity contribution < 1.29 is 19.6 Å². The molecule has 0 fully saturated rings. The van der Waals surface area contributed by atoms with Gasteiger partial charge in [0.2, 0.25) is 11.8 Å². The lowest BCUT2D eigenvalue weighted by Crippen LogP contribution is -2.50. The van der Waals surface area contributed by atoms with Gasteiger partial charge in [0.15, 0.2) is 0 Å². The smallest absolute Gasteiger partial charge is 0.426 e. The van der Waals surface area contributed by atoms with E-state index in [1.807, 2.05) is 55.5 Å². The molecule has 0 spiro atoms. The van der Waals surface area contributed by atoms with Gasteiger partial charge in [-0.25, -0.2) is 0 Å². The largest absolute Gasteiger partial charge is 0.475 e. The maximum absolute atomic E-state index is 13.0. The summed E-state index contributed by atoms with van der Waals surface area (Å²) < 4.78 is 0. The molecule has 1 atom stereocenters. The lowest BCUT2D eigenvalue weighted by Gasteiger charge is -2.24. The van der Waals surface area contributed by atoms with Crippen molar-refractivity contribution in [3.8, 4) is 0 Å². The number of aryl methyl sites for hydroxylation is 2. The molecule has 8 heteroatoms. The molecular weight excluding hydrogens is 417 g/mol. The molecule has 0 aliphatic rings. The number of rotatable bonds is 14. The van der Waals surface area contributed by atoms with Crippen LogP contribution in [-0.2, 0) is 22.4 Å². The monoisotopic (exact) mass is 453 g/mol. The number of carbonyl (C=O) groups excluding carboxylic acids is 2. The zero-order chi connectivity index (χ0) is 24.1. The van der Waals surface area contributed by atoms with E-state index in [9.17, 15) is 19.6 Å². The van der Waals surface area contributed by atoms with Crippen LogP contribution in [0.15, 0.2) is 54.6 Å². The summed E-state index contributed by atoms with van der Waals surface area (Å²) in [7, 11) is -1.67. The van der Waals surface area contributed by atoms with Gasteiger partial charge < -0.3 is 26.0 Å². The number of nitrogens with two attached hydrogens (primary N) is 1. The number of amides is 2. The predicted molar refractivity (Wildman–Crippen MR) is 131 cm³/mol. The minimum Gasteiger partial charge on any atom is -0.426 e. The lowest BCUT2D eigenvalue weighted by atomic mass is 9.76. The van der Waals surface area contributed by atoms with E-state index in [0.29, 0.717) is 45.2 Å². The molecular formula is C25H36BN3O4. The molecule has 178 valence electrons. The van der Waals surface area contributed by atoms with Crippen molar-refractivity contribution in [3.63, 3.8) is 0 Å². The highest BCUT2D eigenvalue weighted by Crippen LogP contribution is 2.09. The van der Waals surface area contributed by atoms with Gasteiger partial charge in [-0.05, 0) is 50.3 Å². The third kappa shape index (κ3) is 10.2. The summed E-state index contributed by atoms with van der Waals surface area (Å²) in [5.74, 6) is -1.30. The number of nitrogens with zero attached hydrogens (tertiary/aromatic N) is 1. The first-order chi connectivity index (χ1) is 15.9. The number of unbranched alkanes of at least 4 members (excludes halogenated alkanes) is 1. The first-order valence-electron chi connectivity index (χ1n) is 11.6. The van der Waals surface area contributed by atoms with Gasteiger partial charge in [0, 0.05) is 13.0 Å². The van der Waals surface area contributed by atoms with E-state index < -0.39 is 19.0 Å². The summed E-state index contributed by atoms with van der Waals surface area (Å²) in [4.78, 5) is 27.3. The van der Waals surface area contributed by atoms with Crippen LogP contribution in [0.2, 0.25) is 0 Å². The maximum atomic E-state index is 13.0. The van der Waals surface area contributed by atoms with E-state index in [-0.39, 0.29) is 12.5 Å². The van der Waals surface area contributed by atoms with Crippen LogP contribution in [0, 0.1) is 6.92 Å². The Bertz CT molecular complexity index is 864. The minimum absolute atomic E-state index is 0.106. The van der Waals surface area contributed by atoms with E-state index in [4.69, 9.17) is 5.73 Å². The molecule has 0 saturated heterocycles. The summed E-state index contributed by atoms with van der Waals surface area (Å²) in [5, 5.41) is 21.9. The van der Waals surface area contributed by atoms with Crippen molar-refractivity contribution in [2.75, 3.05) is 19.6 Å². The second kappa shape index (κ2) is 14.5. The number of carbonyl (C=O) groups is 2. The van der Waals surface area contributed by atoms with Crippen molar-refractivity contribution in [2.45, 2.75) is 51.4 Å². The maximum Gasteiger partial charge on any atom is 0.475 e. The Labute approximate surface area is 197 Å². The fourth-order valence-corrected chi connectivity index (χ4v) is 3.71. The first-order valence-corrected chi connectivity index (χ1v) is 11.6. The Morgan fingerprint density at radius 2 is 1.76 bits per heavy atom. The molecule has 0 aliphatic heterocycles. The molecule has 5 N–H and O–H groups in total. The summed E-state index contributed by atoms with van der Waals surface area (Å²) in [6, 6.07) is 17.8. The quantitative estimate of drug-likeness (QED) is 0.256. The van der Waals surface area contributed by atoms with Crippen molar-refractivity contribution >= 4 is 18.9 Å². The van der Waals surface area contributed by atoms with E-state index in [1.165, 1.54) is 0 Å². The van der Waals surface area contributed by atoms with Gasteiger partial charge in [-0.1, -0.05) is 66.6 Å². The van der Waals surface area contributed by atoms with Crippen LogP contribution in [0.25, 0.3) is 0 Å². The van der Waals surface area contributed by atoms with Crippen molar-refractivity contribution in [1.82, 2.24) is 10.2 Å². The van der Waals surface area contributed by atoms with Crippen molar-refractivity contribution in [3.05, 3.63) is 71.3 Å². The van der Waals surface area contributed by atoms with Crippen LogP contribution >= 0.6 is 0 Å². The number of hydrogen-bond acceptors (Lipinski definition) is 5. The summed E-state index contributed by atoms with van der Waals surface area (Å²) in [6.45, 7) is 2.80. The Kier molecular flexibility index (Phi) is 11.7. The first kappa shape index (κ1) is 26.6. The molecule has 0 aliphatic carbocycles. The SMILES string of the molecule is Cc1cccc(CCN(CC(=O)NC(CCCCN)B(O)O)C(=O)CCc2ccccc2)c1. The van der Waals surface area contributed by atoms with Gasteiger partial charge in [0.05, 0.1) is 12.5 Å². The summed E-state index contributed by atoms with van der Waals surface area (Å²) in [6.07, 6.45) is 3.35. The number of nitrogens with one attached hydrogen (secondary N) is 1. The number of hydrogen-bond donors (Lipinski definition) is 4. The minimum atomic E-state index is -1.67. The van der Waals surface area contributed by atoms with Crippen LogP contribution in [-0.4, -0.2) is 59.5 Å². The Balaban J connectivity index is 2.01. The van der Waals surface area contributed by atoms with E-state index in [1.54, 1.807) is 4.90 Å². The lowest BCUT2D eigenvalue weighted by molar-refractivity contribution is -0.136. The van der Waals surface area contributed by atoms with E-state index >= 15 is 0 Å². The molecule has 2 aromatic rings. The molecule has 0 radical (unpaired) electrons. The number of benzene rings is 2.